The molecule has 0 fully saturated rings. The van der Waals surface area contributed by atoms with Gasteiger partial charge in [-0.05, 0) is 42.8 Å². The first-order chi connectivity index (χ1) is 11.6. The van der Waals surface area contributed by atoms with Crippen LogP contribution < -0.4 is 0 Å². The van der Waals surface area contributed by atoms with Crippen molar-refractivity contribution in [3.63, 3.8) is 0 Å². The second-order valence-electron chi connectivity index (χ2n) is 5.36. The topological polar surface area (TPSA) is 68.0 Å². The monoisotopic (exact) mass is 341 g/mol. The zero-order chi connectivity index (χ0) is 17.1. The fourth-order valence-corrected chi connectivity index (χ4v) is 2.77. The average molecular weight is 342 g/mol. The van der Waals surface area contributed by atoms with Crippen molar-refractivity contribution in [2.45, 2.75) is 19.8 Å². The van der Waals surface area contributed by atoms with E-state index in [1.54, 1.807) is 35.3 Å². The SMILES string of the molecule is CCCc1c(C(=O)O)c(-c2cccnc2)nn1-c1ccc(Cl)cc1. The molecule has 0 spiro atoms. The van der Waals surface area contributed by atoms with Crippen molar-refractivity contribution in [2.24, 2.45) is 0 Å². The zero-order valence-corrected chi connectivity index (χ0v) is 13.9. The van der Waals surface area contributed by atoms with Gasteiger partial charge in [0, 0.05) is 23.0 Å². The summed E-state index contributed by atoms with van der Waals surface area (Å²) in [7, 11) is 0. The van der Waals surface area contributed by atoms with Crippen molar-refractivity contribution in [3.05, 3.63) is 65.1 Å². The van der Waals surface area contributed by atoms with Gasteiger partial charge in [0.25, 0.3) is 0 Å². The van der Waals surface area contributed by atoms with E-state index in [-0.39, 0.29) is 5.56 Å². The van der Waals surface area contributed by atoms with Crippen LogP contribution in [-0.2, 0) is 6.42 Å². The molecule has 6 heteroatoms. The Hall–Kier alpha value is -2.66. The molecule has 0 saturated heterocycles. The van der Waals surface area contributed by atoms with Crippen LogP contribution in [0.1, 0.15) is 29.4 Å². The minimum absolute atomic E-state index is 0.222. The lowest BCUT2D eigenvalue weighted by molar-refractivity contribution is 0.0696. The smallest absolute Gasteiger partial charge is 0.339 e. The maximum Gasteiger partial charge on any atom is 0.339 e. The Morgan fingerprint density at radius 2 is 2.00 bits per heavy atom. The van der Waals surface area contributed by atoms with E-state index < -0.39 is 5.97 Å². The van der Waals surface area contributed by atoms with E-state index in [0.29, 0.717) is 28.4 Å². The van der Waals surface area contributed by atoms with Gasteiger partial charge in [-0.1, -0.05) is 24.9 Å². The maximum atomic E-state index is 11.9. The maximum absolute atomic E-state index is 11.9. The number of hydrogen-bond donors (Lipinski definition) is 1. The molecule has 5 nitrogen and oxygen atoms in total. The van der Waals surface area contributed by atoms with Crippen LogP contribution in [0.5, 0.6) is 0 Å². The van der Waals surface area contributed by atoms with Gasteiger partial charge < -0.3 is 5.11 Å². The quantitative estimate of drug-likeness (QED) is 0.753. The van der Waals surface area contributed by atoms with Gasteiger partial charge in [-0.15, -0.1) is 0 Å². The van der Waals surface area contributed by atoms with E-state index >= 15 is 0 Å². The summed E-state index contributed by atoms with van der Waals surface area (Å²) < 4.78 is 1.69. The van der Waals surface area contributed by atoms with Crippen LogP contribution in [0.25, 0.3) is 16.9 Å². The molecule has 0 bridgehead atoms. The Balaban J connectivity index is 2.25. The summed E-state index contributed by atoms with van der Waals surface area (Å²) in [6, 6.07) is 10.8. The van der Waals surface area contributed by atoms with Crippen LogP contribution in [-0.4, -0.2) is 25.8 Å². The fraction of sp³-hybridized carbons (Fsp3) is 0.167. The fourth-order valence-electron chi connectivity index (χ4n) is 2.65. The van der Waals surface area contributed by atoms with Crippen molar-refractivity contribution < 1.29 is 9.90 Å². The Labute approximate surface area is 144 Å². The van der Waals surface area contributed by atoms with E-state index in [4.69, 9.17) is 11.6 Å². The molecule has 2 heterocycles. The first-order valence-electron chi connectivity index (χ1n) is 7.63. The summed E-state index contributed by atoms with van der Waals surface area (Å²) in [5.41, 5.74) is 2.78. The molecule has 3 aromatic rings. The number of nitrogens with zero attached hydrogens (tertiary/aromatic N) is 3. The van der Waals surface area contributed by atoms with E-state index in [9.17, 15) is 9.90 Å². The molecule has 0 radical (unpaired) electrons. The van der Waals surface area contributed by atoms with Gasteiger partial charge in [0.1, 0.15) is 11.3 Å². The average Bonchev–Trinajstić information content (AvgIpc) is 2.96. The summed E-state index contributed by atoms with van der Waals surface area (Å²) in [6.07, 6.45) is 4.69. The van der Waals surface area contributed by atoms with Crippen molar-refractivity contribution in [3.8, 4) is 16.9 Å². The van der Waals surface area contributed by atoms with E-state index in [2.05, 4.69) is 10.1 Å². The van der Waals surface area contributed by atoms with Gasteiger partial charge in [0.15, 0.2) is 0 Å². The van der Waals surface area contributed by atoms with Crippen molar-refractivity contribution in [1.82, 2.24) is 14.8 Å². The first-order valence-corrected chi connectivity index (χ1v) is 8.01. The van der Waals surface area contributed by atoms with Crippen molar-refractivity contribution >= 4 is 17.6 Å². The van der Waals surface area contributed by atoms with Gasteiger partial charge in [-0.25, -0.2) is 9.48 Å². The molecule has 1 aromatic carbocycles. The molecule has 0 aliphatic heterocycles. The molecule has 1 N–H and O–H groups in total. The molecule has 122 valence electrons. The van der Waals surface area contributed by atoms with Gasteiger partial charge in [-0.3, -0.25) is 4.98 Å². The highest BCUT2D eigenvalue weighted by Crippen LogP contribution is 2.28. The summed E-state index contributed by atoms with van der Waals surface area (Å²) >= 11 is 5.95. The predicted molar refractivity (Wildman–Crippen MR) is 92.8 cm³/mol. The Bertz CT molecular complexity index is 858. The van der Waals surface area contributed by atoms with Crippen LogP contribution in [0.15, 0.2) is 48.8 Å². The summed E-state index contributed by atoms with van der Waals surface area (Å²) in [6.45, 7) is 2.01. The van der Waals surface area contributed by atoms with E-state index in [1.165, 1.54) is 0 Å². The van der Waals surface area contributed by atoms with Gasteiger partial charge in [0.2, 0.25) is 0 Å². The summed E-state index contributed by atoms with van der Waals surface area (Å²) in [5, 5.41) is 14.9. The highest BCUT2D eigenvalue weighted by atomic mass is 35.5. The number of aromatic nitrogens is 3. The van der Waals surface area contributed by atoms with Crippen LogP contribution in [0.2, 0.25) is 5.02 Å². The van der Waals surface area contributed by atoms with Crippen LogP contribution in [0.3, 0.4) is 0 Å². The number of benzene rings is 1. The van der Waals surface area contributed by atoms with Crippen molar-refractivity contribution in [2.75, 3.05) is 0 Å². The number of halogens is 1. The predicted octanol–water partition coefficient (Wildman–Crippen LogP) is 4.24. The third kappa shape index (κ3) is 3.03. The molecule has 0 unspecified atom stereocenters. The largest absolute Gasteiger partial charge is 0.478 e. The van der Waals surface area contributed by atoms with Crippen LogP contribution >= 0.6 is 11.6 Å². The van der Waals surface area contributed by atoms with E-state index in [0.717, 1.165) is 12.1 Å². The molecule has 24 heavy (non-hydrogen) atoms. The summed E-state index contributed by atoms with van der Waals surface area (Å²) in [5.74, 6) is -0.988. The zero-order valence-electron chi connectivity index (χ0n) is 13.1. The Kier molecular flexibility index (Phi) is 4.62. The van der Waals surface area contributed by atoms with Gasteiger partial charge >= 0.3 is 5.97 Å². The first kappa shape index (κ1) is 16.2. The highest BCUT2D eigenvalue weighted by Gasteiger charge is 2.24. The number of rotatable bonds is 5. The third-order valence-electron chi connectivity index (χ3n) is 3.69. The number of hydrogen-bond acceptors (Lipinski definition) is 3. The molecule has 0 amide bonds. The molecule has 2 aromatic heterocycles. The van der Waals surface area contributed by atoms with E-state index in [1.807, 2.05) is 25.1 Å². The lowest BCUT2D eigenvalue weighted by Gasteiger charge is -2.07. The highest BCUT2D eigenvalue weighted by molar-refractivity contribution is 6.30. The Morgan fingerprint density at radius 3 is 2.58 bits per heavy atom. The lowest BCUT2D eigenvalue weighted by atomic mass is 10.1. The van der Waals surface area contributed by atoms with Gasteiger partial charge in [-0.2, -0.15) is 5.10 Å². The molecular weight excluding hydrogens is 326 g/mol. The number of aromatic carboxylic acids is 1. The third-order valence-corrected chi connectivity index (χ3v) is 3.94. The Morgan fingerprint density at radius 1 is 1.25 bits per heavy atom. The number of pyridine rings is 1. The molecule has 0 aliphatic carbocycles. The minimum Gasteiger partial charge on any atom is -0.478 e. The molecule has 0 aliphatic rings. The molecule has 0 atom stereocenters. The number of carboxylic acids is 1. The molecule has 0 saturated carbocycles. The molecular formula is C18H16ClN3O2. The van der Waals surface area contributed by atoms with Crippen molar-refractivity contribution in [1.29, 1.82) is 0 Å². The second kappa shape index (κ2) is 6.84. The minimum atomic E-state index is -0.988. The molecule has 3 rings (SSSR count). The van der Waals surface area contributed by atoms with Gasteiger partial charge in [0.05, 0.1) is 11.4 Å². The van der Waals surface area contributed by atoms with Crippen LogP contribution in [0.4, 0.5) is 0 Å². The summed E-state index contributed by atoms with van der Waals surface area (Å²) in [4.78, 5) is 16.0. The number of carbonyl (C=O) groups is 1. The van der Waals surface area contributed by atoms with Crippen LogP contribution in [0, 0.1) is 0 Å². The second-order valence-corrected chi connectivity index (χ2v) is 5.79. The lowest BCUT2D eigenvalue weighted by Crippen LogP contribution is -2.06. The number of carboxylic acid groups (broad SMARTS) is 1. The standard InChI is InChI=1S/C18H16ClN3O2/c1-2-4-15-16(18(23)24)17(12-5-3-10-20-11-12)21-22(15)14-8-6-13(19)7-9-14/h3,5-11H,2,4H2,1H3,(H,23,24). The normalized spacial score (nSPS) is 10.8.